The van der Waals surface area contributed by atoms with E-state index in [-0.39, 0.29) is 4.90 Å². The first-order valence-electron chi connectivity index (χ1n) is 5.24. The zero-order valence-electron chi connectivity index (χ0n) is 10.1. The normalized spacial score (nSPS) is 11.8. The molecule has 1 rings (SSSR count). The van der Waals surface area contributed by atoms with Crippen LogP contribution in [0.25, 0.3) is 0 Å². The maximum absolute atomic E-state index is 11.9. The molecular weight excluding hydrogens is 306 g/mol. The molecule has 0 saturated heterocycles. The van der Waals surface area contributed by atoms with Crippen molar-refractivity contribution in [2.45, 2.75) is 18.2 Å². The molecule has 6 heteroatoms. The maximum atomic E-state index is 11.9. The van der Waals surface area contributed by atoms with E-state index >= 15 is 0 Å². The monoisotopic (exact) mass is 321 g/mol. The van der Waals surface area contributed by atoms with E-state index in [1.54, 1.807) is 12.1 Å². The second kappa shape index (κ2) is 5.84. The topological polar surface area (TPSA) is 46.6 Å². The molecular formula is C11H16BrNO3S. The highest BCUT2D eigenvalue weighted by atomic mass is 79.9. The van der Waals surface area contributed by atoms with Crippen LogP contribution in [0.1, 0.15) is 13.3 Å². The molecule has 0 N–H and O–H groups in total. The number of rotatable bonds is 5. The predicted molar refractivity (Wildman–Crippen MR) is 70.8 cm³/mol. The molecule has 0 bridgehead atoms. The Hall–Kier alpha value is -0.590. The van der Waals surface area contributed by atoms with Crippen LogP contribution in [0.4, 0.5) is 0 Å². The first-order valence-corrected chi connectivity index (χ1v) is 7.47. The van der Waals surface area contributed by atoms with Crippen LogP contribution in [0.5, 0.6) is 5.75 Å². The van der Waals surface area contributed by atoms with Crippen LogP contribution >= 0.6 is 15.9 Å². The predicted octanol–water partition coefficient (Wildman–Crippen LogP) is 2.49. The number of nitrogens with zero attached hydrogens (tertiary/aromatic N) is 1. The average Bonchev–Trinajstić information content (AvgIpc) is 2.27. The Kier molecular flexibility index (Phi) is 4.97. The van der Waals surface area contributed by atoms with Gasteiger partial charge < -0.3 is 4.74 Å². The van der Waals surface area contributed by atoms with Crippen LogP contribution in [0.3, 0.4) is 0 Å². The molecule has 0 unspecified atom stereocenters. The van der Waals surface area contributed by atoms with Gasteiger partial charge in [-0.05, 0) is 34.5 Å². The molecule has 96 valence electrons. The summed E-state index contributed by atoms with van der Waals surface area (Å²) in [6, 6.07) is 4.77. The van der Waals surface area contributed by atoms with E-state index in [0.717, 1.165) is 10.9 Å². The summed E-state index contributed by atoms with van der Waals surface area (Å²) in [6.45, 7) is 2.55. The minimum absolute atomic E-state index is 0.233. The minimum Gasteiger partial charge on any atom is -0.492 e. The molecule has 0 atom stereocenters. The molecule has 0 aliphatic rings. The van der Waals surface area contributed by atoms with E-state index in [1.807, 2.05) is 6.92 Å². The lowest BCUT2D eigenvalue weighted by Crippen LogP contribution is -2.22. The molecule has 17 heavy (non-hydrogen) atoms. The summed E-state index contributed by atoms with van der Waals surface area (Å²) in [6.07, 6.45) is 0.872. The third-order valence-corrected chi connectivity index (χ3v) is 4.61. The lowest BCUT2D eigenvalue weighted by atomic mass is 10.3. The first kappa shape index (κ1) is 14.5. The Morgan fingerprint density at radius 2 is 2.00 bits per heavy atom. The van der Waals surface area contributed by atoms with E-state index in [0.29, 0.717) is 12.4 Å². The van der Waals surface area contributed by atoms with Gasteiger partial charge in [-0.3, -0.25) is 0 Å². The van der Waals surface area contributed by atoms with Gasteiger partial charge in [-0.2, -0.15) is 0 Å². The van der Waals surface area contributed by atoms with Crippen LogP contribution in [0, 0.1) is 0 Å². The van der Waals surface area contributed by atoms with Gasteiger partial charge in [0.15, 0.2) is 0 Å². The smallest absolute Gasteiger partial charge is 0.242 e. The van der Waals surface area contributed by atoms with Crippen molar-refractivity contribution in [2.24, 2.45) is 0 Å². The number of halogens is 1. The van der Waals surface area contributed by atoms with Gasteiger partial charge in [0.05, 0.1) is 16.0 Å². The lowest BCUT2D eigenvalue weighted by molar-refractivity contribution is 0.314. The summed E-state index contributed by atoms with van der Waals surface area (Å²) in [5.41, 5.74) is 0. The van der Waals surface area contributed by atoms with Gasteiger partial charge in [0.1, 0.15) is 5.75 Å². The zero-order chi connectivity index (χ0) is 13.1. The number of hydrogen-bond donors (Lipinski definition) is 0. The van der Waals surface area contributed by atoms with Gasteiger partial charge in [-0.15, -0.1) is 0 Å². The van der Waals surface area contributed by atoms with Crippen LogP contribution in [-0.2, 0) is 10.0 Å². The molecule has 0 aliphatic carbocycles. The number of sulfonamides is 1. The van der Waals surface area contributed by atoms with Gasteiger partial charge in [0.25, 0.3) is 0 Å². The van der Waals surface area contributed by atoms with E-state index in [9.17, 15) is 8.42 Å². The minimum atomic E-state index is -3.41. The third kappa shape index (κ3) is 3.43. The molecule has 0 aliphatic heterocycles. The molecule has 0 radical (unpaired) electrons. The Morgan fingerprint density at radius 1 is 1.35 bits per heavy atom. The van der Waals surface area contributed by atoms with E-state index in [2.05, 4.69) is 15.9 Å². The third-order valence-electron chi connectivity index (χ3n) is 2.14. The highest BCUT2D eigenvalue weighted by Gasteiger charge is 2.18. The molecule has 1 aromatic carbocycles. The molecule has 0 fully saturated rings. The Labute approximate surface area is 111 Å². The van der Waals surface area contributed by atoms with Crippen LogP contribution < -0.4 is 4.74 Å². The molecule has 0 saturated carbocycles. The fourth-order valence-corrected chi connectivity index (χ4v) is 2.46. The van der Waals surface area contributed by atoms with Gasteiger partial charge in [0, 0.05) is 20.2 Å². The summed E-state index contributed by atoms with van der Waals surface area (Å²) >= 11 is 3.33. The number of benzene rings is 1. The van der Waals surface area contributed by atoms with Crippen molar-refractivity contribution in [3.8, 4) is 5.75 Å². The van der Waals surface area contributed by atoms with E-state index in [1.165, 1.54) is 24.5 Å². The van der Waals surface area contributed by atoms with Crippen molar-refractivity contribution in [3.05, 3.63) is 22.7 Å². The summed E-state index contributed by atoms with van der Waals surface area (Å²) in [7, 11) is -0.401. The second-order valence-electron chi connectivity index (χ2n) is 3.73. The zero-order valence-corrected chi connectivity index (χ0v) is 12.5. The fraction of sp³-hybridized carbons (Fsp3) is 0.455. The van der Waals surface area contributed by atoms with E-state index < -0.39 is 10.0 Å². The second-order valence-corrected chi connectivity index (χ2v) is 6.73. The van der Waals surface area contributed by atoms with Crippen LogP contribution in [0.2, 0.25) is 0 Å². The largest absolute Gasteiger partial charge is 0.492 e. The standard InChI is InChI=1S/C11H16BrNO3S/c1-4-7-16-11-8-9(5-6-10(11)12)17(14,15)13(2)3/h5-6,8H,4,7H2,1-3H3. The molecule has 0 amide bonds. The summed E-state index contributed by atoms with van der Waals surface area (Å²) in [5.74, 6) is 0.551. The SMILES string of the molecule is CCCOc1cc(S(=O)(=O)N(C)C)ccc1Br. The molecule has 0 spiro atoms. The molecule has 0 aromatic heterocycles. The summed E-state index contributed by atoms with van der Waals surface area (Å²) in [4.78, 5) is 0.233. The van der Waals surface area contributed by atoms with Gasteiger partial charge in [0.2, 0.25) is 10.0 Å². The number of ether oxygens (including phenoxy) is 1. The van der Waals surface area contributed by atoms with Crippen LogP contribution in [0.15, 0.2) is 27.6 Å². The first-order chi connectivity index (χ1) is 7.89. The van der Waals surface area contributed by atoms with Crippen LogP contribution in [-0.4, -0.2) is 33.4 Å². The molecule has 4 nitrogen and oxygen atoms in total. The Balaban J connectivity index is 3.13. The van der Waals surface area contributed by atoms with Crippen molar-refractivity contribution < 1.29 is 13.2 Å². The summed E-state index contributed by atoms with van der Waals surface area (Å²) < 4.78 is 31.3. The van der Waals surface area contributed by atoms with Crippen molar-refractivity contribution >= 4 is 26.0 Å². The van der Waals surface area contributed by atoms with Gasteiger partial charge >= 0.3 is 0 Å². The molecule has 0 heterocycles. The van der Waals surface area contributed by atoms with Crippen molar-refractivity contribution in [1.82, 2.24) is 4.31 Å². The Morgan fingerprint density at radius 3 is 2.53 bits per heavy atom. The van der Waals surface area contributed by atoms with Gasteiger partial charge in [-0.1, -0.05) is 6.92 Å². The molecule has 1 aromatic rings. The maximum Gasteiger partial charge on any atom is 0.242 e. The van der Waals surface area contributed by atoms with Crippen molar-refractivity contribution in [3.63, 3.8) is 0 Å². The van der Waals surface area contributed by atoms with Crippen molar-refractivity contribution in [1.29, 1.82) is 0 Å². The highest BCUT2D eigenvalue weighted by molar-refractivity contribution is 9.10. The average molecular weight is 322 g/mol. The van der Waals surface area contributed by atoms with Gasteiger partial charge in [-0.25, -0.2) is 12.7 Å². The van der Waals surface area contributed by atoms with Crippen molar-refractivity contribution in [2.75, 3.05) is 20.7 Å². The summed E-state index contributed by atoms with van der Waals surface area (Å²) in [5, 5.41) is 0. The lowest BCUT2D eigenvalue weighted by Gasteiger charge is -2.13. The highest BCUT2D eigenvalue weighted by Crippen LogP contribution is 2.28. The quantitative estimate of drug-likeness (QED) is 0.837. The Bertz CT molecular complexity index is 485. The number of hydrogen-bond acceptors (Lipinski definition) is 3. The van der Waals surface area contributed by atoms with E-state index in [4.69, 9.17) is 4.74 Å². The fourth-order valence-electron chi connectivity index (χ4n) is 1.18.